The minimum absolute atomic E-state index is 0.0232. The smallest absolute Gasteiger partial charge is 0.338 e. The summed E-state index contributed by atoms with van der Waals surface area (Å²) in [4.78, 5) is 34.5. The van der Waals surface area contributed by atoms with Crippen LogP contribution in [0.2, 0.25) is 0 Å². The van der Waals surface area contributed by atoms with Crippen molar-refractivity contribution in [1.29, 1.82) is 0 Å². The van der Waals surface area contributed by atoms with Crippen LogP contribution in [0.15, 0.2) is 36.0 Å². The van der Waals surface area contributed by atoms with Crippen LogP contribution in [0.25, 0.3) is 0 Å². The third-order valence-corrected chi connectivity index (χ3v) is 7.52. The van der Waals surface area contributed by atoms with Crippen LogP contribution in [0.3, 0.4) is 0 Å². The van der Waals surface area contributed by atoms with E-state index in [9.17, 15) is 19.5 Å². The van der Waals surface area contributed by atoms with Gasteiger partial charge in [0.2, 0.25) is 0 Å². The van der Waals surface area contributed by atoms with Crippen LogP contribution in [-0.2, 0) is 23.9 Å². The standard InChI is InChI=1S/C24H32O7/c1-15-4-7-18-23(2,17(15)6-5-16-11-13-30-22(16)29)12-10-19(25)24(18,3)14-31-21(28)9-8-20(26)27/h5-6,11,17-19,25H,1,4,7-10,12-14H2,2-3H3,(H,26,27)/b6-5+. The number of hydrogen-bond acceptors (Lipinski definition) is 6. The lowest BCUT2D eigenvalue weighted by atomic mass is 9.46. The number of carbonyl (C=O) groups excluding carboxylic acids is 2. The Morgan fingerprint density at radius 2 is 2.06 bits per heavy atom. The Bertz CT molecular complexity index is 826. The highest BCUT2D eigenvalue weighted by Gasteiger charge is 2.57. The first kappa shape index (κ1) is 23.3. The van der Waals surface area contributed by atoms with Crippen LogP contribution >= 0.6 is 0 Å². The Morgan fingerprint density at radius 1 is 1.32 bits per heavy atom. The zero-order chi connectivity index (χ0) is 22.8. The third kappa shape index (κ3) is 4.61. The molecule has 0 aromatic carbocycles. The van der Waals surface area contributed by atoms with Crippen molar-refractivity contribution in [2.24, 2.45) is 22.7 Å². The molecule has 1 heterocycles. The molecule has 3 aliphatic rings. The second-order valence-corrected chi connectivity index (χ2v) is 9.46. The number of fused-ring (bicyclic) bond motifs is 1. The maximum absolute atomic E-state index is 12.0. The summed E-state index contributed by atoms with van der Waals surface area (Å²) in [5.74, 6) is -1.84. The van der Waals surface area contributed by atoms with E-state index in [-0.39, 0.29) is 42.7 Å². The summed E-state index contributed by atoms with van der Waals surface area (Å²) in [5.41, 5.74) is 0.782. The van der Waals surface area contributed by atoms with E-state index in [1.165, 1.54) is 0 Å². The predicted molar refractivity (Wildman–Crippen MR) is 113 cm³/mol. The Morgan fingerprint density at radius 3 is 2.71 bits per heavy atom. The first-order valence-electron chi connectivity index (χ1n) is 10.9. The molecule has 0 amide bonds. The Balaban J connectivity index is 1.80. The van der Waals surface area contributed by atoms with Crippen LogP contribution < -0.4 is 0 Å². The normalized spacial score (nSPS) is 35.5. The molecule has 0 saturated heterocycles. The summed E-state index contributed by atoms with van der Waals surface area (Å²) in [6.07, 6.45) is 7.49. The van der Waals surface area contributed by atoms with E-state index in [4.69, 9.17) is 14.6 Å². The van der Waals surface area contributed by atoms with Crippen molar-refractivity contribution < 1.29 is 34.1 Å². The van der Waals surface area contributed by atoms with Crippen molar-refractivity contribution in [3.05, 3.63) is 36.0 Å². The summed E-state index contributed by atoms with van der Waals surface area (Å²) in [7, 11) is 0. The lowest BCUT2D eigenvalue weighted by Gasteiger charge is -2.59. The fourth-order valence-electron chi connectivity index (χ4n) is 5.70. The van der Waals surface area contributed by atoms with E-state index in [0.29, 0.717) is 18.6 Å². The van der Waals surface area contributed by atoms with E-state index in [1.807, 2.05) is 19.1 Å². The Hall–Kier alpha value is -2.41. The van der Waals surface area contributed by atoms with E-state index >= 15 is 0 Å². The van der Waals surface area contributed by atoms with E-state index < -0.39 is 23.5 Å². The largest absolute Gasteiger partial charge is 0.481 e. The van der Waals surface area contributed by atoms with Gasteiger partial charge in [0.25, 0.3) is 0 Å². The van der Waals surface area contributed by atoms with Crippen molar-refractivity contribution in [3.8, 4) is 0 Å². The first-order valence-corrected chi connectivity index (χ1v) is 10.9. The van der Waals surface area contributed by atoms with Crippen molar-refractivity contribution in [1.82, 2.24) is 0 Å². The monoisotopic (exact) mass is 432 g/mol. The fraction of sp³-hybridized carbons (Fsp3) is 0.625. The van der Waals surface area contributed by atoms with Crippen molar-refractivity contribution >= 4 is 17.9 Å². The minimum atomic E-state index is -1.05. The Labute approximate surface area is 182 Å². The van der Waals surface area contributed by atoms with Crippen LogP contribution in [0.5, 0.6) is 0 Å². The molecule has 2 fully saturated rings. The summed E-state index contributed by atoms with van der Waals surface area (Å²) in [6.45, 7) is 8.77. The van der Waals surface area contributed by atoms with Crippen LogP contribution in [-0.4, -0.2) is 47.4 Å². The van der Waals surface area contributed by atoms with Gasteiger partial charge < -0.3 is 19.7 Å². The van der Waals surface area contributed by atoms with Gasteiger partial charge in [0.15, 0.2) is 0 Å². The number of ether oxygens (including phenoxy) is 2. The zero-order valence-electron chi connectivity index (χ0n) is 18.3. The molecule has 170 valence electrons. The minimum Gasteiger partial charge on any atom is -0.481 e. The molecule has 2 aliphatic carbocycles. The predicted octanol–water partition coefficient (Wildman–Crippen LogP) is 3.18. The molecular weight excluding hydrogens is 400 g/mol. The molecule has 7 heteroatoms. The Kier molecular flexibility index (Phi) is 6.74. The van der Waals surface area contributed by atoms with Crippen LogP contribution in [0, 0.1) is 22.7 Å². The molecule has 2 saturated carbocycles. The number of carboxylic acids is 1. The number of hydrogen-bond donors (Lipinski definition) is 2. The van der Waals surface area contributed by atoms with Gasteiger partial charge in [0, 0.05) is 11.3 Å². The number of aliphatic carboxylic acids is 1. The lowest BCUT2D eigenvalue weighted by Crippen LogP contribution is -2.57. The molecule has 0 bridgehead atoms. The van der Waals surface area contributed by atoms with Gasteiger partial charge >= 0.3 is 17.9 Å². The molecule has 0 aromatic rings. The van der Waals surface area contributed by atoms with Gasteiger partial charge in [-0.3, -0.25) is 9.59 Å². The molecule has 31 heavy (non-hydrogen) atoms. The van der Waals surface area contributed by atoms with Gasteiger partial charge in [-0.15, -0.1) is 0 Å². The molecule has 0 radical (unpaired) electrons. The molecule has 1 aliphatic heterocycles. The van der Waals surface area contributed by atoms with Gasteiger partial charge in [-0.25, -0.2) is 4.79 Å². The number of esters is 2. The summed E-state index contributed by atoms with van der Waals surface area (Å²) >= 11 is 0. The number of aliphatic hydroxyl groups excluding tert-OH is 1. The van der Waals surface area contributed by atoms with Crippen LogP contribution in [0.4, 0.5) is 0 Å². The maximum Gasteiger partial charge on any atom is 0.338 e. The molecule has 2 N–H and O–H groups in total. The number of aliphatic hydroxyl groups is 1. The molecule has 3 rings (SSSR count). The lowest BCUT2D eigenvalue weighted by molar-refractivity contribution is -0.172. The quantitative estimate of drug-likeness (QED) is 0.470. The molecule has 5 unspecified atom stereocenters. The summed E-state index contributed by atoms with van der Waals surface area (Å²) < 4.78 is 10.4. The topological polar surface area (TPSA) is 110 Å². The first-order chi connectivity index (χ1) is 14.6. The average Bonchev–Trinajstić information content (AvgIpc) is 3.12. The maximum atomic E-state index is 12.0. The number of allylic oxidation sites excluding steroid dienone is 2. The van der Waals surface area contributed by atoms with Crippen molar-refractivity contribution in [2.75, 3.05) is 13.2 Å². The average molecular weight is 433 g/mol. The SMILES string of the molecule is C=C1CCC2C(C)(COC(=O)CCC(=O)O)C(O)CCC2(C)C1/C=C/C1=CCOC1=O. The number of carbonyl (C=O) groups is 3. The molecule has 0 spiro atoms. The number of cyclic esters (lactones) is 1. The van der Waals surface area contributed by atoms with Gasteiger partial charge in [-0.1, -0.05) is 38.2 Å². The zero-order valence-corrected chi connectivity index (χ0v) is 18.3. The highest BCUT2D eigenvalue weighted by Crippen LogP contribution is 2.61. The molecular formula is C24H32O7. The van der Waals surface area contributed by atoms with Gasteiger partial charge in [-0.2, -0.15) is 0 Å². The molecule has 0 aromatic heterocycles. The highest BCUT2D eigenvalue weighted by molar-refractivity contribution is 5.93. The van der Waals surface area contributed by atoms with E-state index in [1.54, 1.807) is 6.08 Å². The fourth-order valence-corrected chi connectivity index (χ4v) is 5.70. The second-order valence-electron chi connectivity index (χ2n) is 9.46. The summed E-state index contributed by atoms with van der Waals surface area (Å²) in [5, 5.41) is 19.7. The third-order valence-electron chi connectivity index (χ3n) is 7.52. The molecule has 5 atom stereocenters. The van der Waals surface area contributed by atoms with Crippen molar-refractivity contribution in [2.45, 2.75) is 58.5 Å². The van der Waals surface area contributed by atoms with Crippen molar-refractivity contribution in [3.63, 3.8) is 0 Å². The van der Waals surface area contributed by atoms with Crippen LogP contribution in [0.1, 0.15) is 52.4 Å². The number of carboxylic acid groups (broad SMARTS) is 1. The van der Waals surface area contributed by atoms with E-state index in [2.05, 4.69) is 13.5 Å². The highest BCUT2D eigenvalue weighted by atomic mass is 16.5. The van der Waals surface area contributed by atoms with E-state index in [0.717, 1.165) is 24.8 Å². The van der Waals surface area contributed by atoms with Gasteiger partial charge in [0.05, 0.1) is 31.1 Å². The number of rotatable bonds is 7. The molecule has 7 nitrogen and oxygen atoms in total. The van der Waals surface area contributed by atoms with Gasteiger partial charge in [-0.05, 0) is 43.1 Å². The second kappa shape index (κ2) is 8.99. The summed E-state index contributed by atoms with van der Waals surface area (Å²) in [6, 6.07) is 0. The van der Waals surface area contributed by atoms with Gasteiger partial charge in [0.1, 0.15) is 6.61 Å².